The van der Waals surface area contributed by atoms with Crippen molar-refractivity contribution in [3.63, 3.8) is 0 Å². The summed E-state index contributed by atoms with van der Waals surface area (Å²) in [4.78, 5) is 22.9. The Hall–Kier alpha value is -3.78. The molecule has 3 aromatic heterocycles. The molecule has 8 nitrogen and oxygen atoms in total. The van der Waals surface area contributed by atoms with Gasteiger partial charge < -0.3 is 11.1 Å². The molecule has 2 atom stereocenters. The number of primary amides is 1. The number of carbonyl (C=O) groups excluding carboxylic acids is 1. The van der Waals surface area contributed by atoms with Crippen LogP contribution in [0, 0.1) is 0 Å². The molecular weight excluding hydrogens is 438 g/mol. The van der Waals surface area contributed by atoms with E-state index in [1.54, 1.807) is 12.4 Å². The van der Waals surface area contributed by atoms with Crippen molar-refractivity contribution in [2.24, 2.45) is 5.73 Å². The van der Waals surface area contributed by atoms with Crippen molar-refractivity contribution < 1.29 is 4.79 Å². The van der Waals surface area contributed by atoms with E-state index in [4.69, 9.17) is 15.8 Å². The predicted octanol–water partition coefficient (Wildman–Crippen LogP) is 4.68. The second-order valence-electron chi connectivity index (χ2n) is 9.51. The van der Waals surface area contributed by atoms with Crippen molar-refractivity contribution in [2.75, 3.05) is 11.9 Å². The average Bonchev–Trinajstić information content (AvgIpc) is 3.38. The van der Waals surface area contributed by atoms with Crippen molar-refractivity contribution in [1.29, 1.82) is 0 Å². The molecule has 3 N–H and O–H groups in total. The monoisotopic (exact) mass is 467 g/mol. The predicted molar refractivity (Wildman–Crippen MR) is 136 cm³/mol. The van der Waals surface area contributed by atoms with Crippen molar-refractivity contribution in [3.05, 3.63) is 66.7 Å². The largest absolute Gasteiger partial charge is 0.351 e. The van der Waals surface area contributed by atoms with E-state index < -0.39 is 6.03 Å². The summed E-state index contributed by atoms with van der Waals surface area (Å²) in [5, 5.41) is 7.76. The Morgan fingerprint density at radius 3 is 2.37 bits per heavy atom. The molecule has 4 aromatic rings. The van der Waals surface area contributed by atoms with Crippen LogP contribution >= 0.6 is 0 Å². The third-order valence-electron chi connectivity index (χ3n) is 7.61. The second kappa shape index (κ2) is 8.78. The maximum absolute atomic E-state index is 11.3. The number of hydrogen-bond donors (Lipinski definition) is 2. The molecule has 2 unspecified atom stereocenters. The SMILES string of the molecule is CCN1C2CCC1CC(c1ccnc3c(-c4ccc(NC(N)=O)cc4)c(-c4ccncc4)nn13)C2. The van der Waals surface area contributed by atoms with Gasteiger partial charge in [0.15, 0.2) is 5.65 Å². The number of urea groups is 1. The van der Waals surface area contributed by atoms with Gasteiger partial charge in [-0.2, -0.15) is 5.10 Å². The summed E-state index contributed by atoms with van der Waals surface area (Å²) in [5.74, 6) is 0.459. The highest BCUT2D eigenvalue weighted by Gasteiger charge is 2.41. The third kappa shape index (κ3) is 3.83. The summed E-state index contributed by atoms with van der Waals surface area (Å²) >= 11 is 0. The molecule has 178 valence electrons. The van der Waals surface area contributed by atoms with Gasteiger partial charge in [0.2, 0.25) is 0 Å². The van der Waals surface area contributed by atoms with Crippen LogP contribution in [0.3, 0.4) is 0 Å². The number of amides is 2. The number of rotatable bonds is 5. The summed E-state index contributed by atoms with van der Waals surface area (Å²) in [7, 11) is 0. The van der Waals surface area contributed by atoms with Crippen LogP contribution in [-0.2, 0) is 0 Å². The van der Waals surface area contributed by atoms with Gasteiger partial charge >= 0.3 is 6.03 Å². The minimum absolute atomic E-state index is 0.459. The lowest BCUT2D eigenvalue weighted by atomic mass is 9.88. The number of aromatic nitrogens is 4. The molecule has 2 bridgehead atoms. The number of benzene rings is 1. The Labute approximate surface area is 204 Å². The van der Waals surface area contributed by atoms with Gasteiger partial charge in [-0.3, -0.25) is 9.88 Å². The lowest BCUT2D eigenvalue weighted by Crippen LogP contribution is -2.42. The van der Waals surface area contributed by atoms with E-state index in [1.165, 1.54) is 18.5 Å². The molecule has 6 rings (SSSR count). The van der Waals surface area contributed by atoms with Gasteiger partial charge in [0.25, 0.3) is 0 Å². The number of anilines is 1. The molecule has 35 heavy (non-hydrogen) atoms. The van der Waals surface area contributed by atoms with Crippen LogP contribution in [0.4, 0.5) is 10.5 Å². The summed E-state index contributed by atoms with van der Waals surface area (Å²) < 4.78 is 2.06. The molecular formula is C27H29N7O. The third-order valence-corrected chi connectivity index (χ3v) is 7.61. The topological polar surface area (TPSA) is 101 Å². The number of piperidine rings is 1. The highest BCUT2D eigenvalue weighted by molar-refractivity contribution is 5.92. The van der Waals surface area contributed by atoms with E-state index in [0.717, 1.165) is 47.4 Å². The fourth-order valence-electron chi connectivity index (χ4n) is 6.14. The van der Waals surface area contributed by atoms with Gasteiger partial charge in [0.1, 0.15) is 5.69 Å². The quantitative estimate of drug-likeness (QED) is 0.444. The highest BCUT2D eigenvalue weighted by Crippen LogP contribution is 2.44. The molecule has 0 aliphatic carbocycles. The lowest BCUT2D eigenvalue weighted by Gasteiger charge is -2.38. The first-order valence-corrected chi connectivity index (χ1v) is 12.3. The molecule has 8 heteroatoms. The van der Waals surface area contributed by atoms with Crippen molar-refractivity contribution >= 4 is 17.4 Å². The smallest absolute Gasteiger partial charge is 0.316 e. The van der Waals surface area contributed by atoms with Crippen LogP contribution in [0.15, 0.2) is 61.1 Å². The van der Waals surface area contributed by atoms with Crippen LogP contribution in [0.2, 0.25) is 0 Å². The maximum atomic E-state index is 11.3. The first kappa shape index (κ1) is 21.7. The van der Waals surface area contributed by atoms with Gasteiger partial charge in [-0.1, -0.05) is 19.1 Å². The average molecular weight is 468 g/mol. The Balaban J connectivity index is 1.48. The number of fused-ring (bicyclic) bond motifs is 3. The van der Waals surface area contributed by atoms with Crippen molar-refractivity contribution in [1.82, 2.24) is 24.5 Å². The summed E-state index contributed by atoms with van der Waals surface area (Å²) in [6.45, 7) is 3.41. The summed E-state index contributed by atoms with van der Waals surface area (Å²) in [5.41, 5.74) is 11.8. The number of nitrogens with one attached hydrogen (secondary N) is 1. The summed E-state index contributed by atoms with van der Waals surface area (Å²) in [6.07, 6.45) is 10.4. The molecule has 1 aromatic carbocycles. The van der Waals surface area contributed by atoms with Crippen LogP contribution < -0.4 is 11.1 Å². The fraction of sp³-hybridized carbons (Fsp3) is 0.333. The van der Waals surface area contributed by atoms with E-state index in [-0.39, 0.29) is 0 Å². The number of pyridine rings is 1. The zero-order chi connectivity index (χ0) is 23.9. The van der Waals surface area contributed by atoms with Gasteiger partial charge in [0, 0.05) is 53.5 Å². The van der Waals surface area contributed by atoms with Crippen LogP contribution in [0.25, 0.3) is 28.0 Å². The molecule has 0 spiro atoms. The summed E-state index contributed by atoms with van der Waals surface area (Å²) in [6, 6.07) is 14.5. The van der Waals surface area contributed by atoms with Gasteiger partial charge in [-0.15, -0.1) is 0 Å². The minimum Gasteiger partial charge on any atom is -0.351 e. The van der Waals surface area contributed by atoms with E-state index in [0.29, 0.717) is 23.7 Å². The lowest BCUT2D eigenvalue weighted by molar-refractivity contribution is 0.132. The van der Waals surface area contributed by atoms with Gasteiger partial charge in [-0.25, -0.2) is 14.3 Å². The number of nitrogens with zero attached hydrogens (tertiary/aromatic N) is 5. The van der Waals surface area contributed by atoms with Crippen molar-refractivity contribution in [2.45, 2.75) is 50.6 Å². The molecule has 0 radical (unpaired) electrons. The maximum Gasteiger partial charge on any atom is 0.316 e. The molecule has 2 amide bonds. The van der Waals surface area contributed by atoms with Crippen LogP contribution in [0.1, 0.15) is 44.2 Å². The van der Waals surface area contributed by atoms with Crippen LogP contribution in [-0.4, -0.2) is 49.1 Å². The Bertz CT molecular complexity index is 1350. The second-order valence-corrected chi connectivity index (χ2v) is 9.51. The zero-order valence-electron chi connectivity index (χ0n) is 19.8. The van der Waals surface area contributed by atoms with E-state index in [9.17, 15) is 4.79 Å². The molecule has 2 saturated heterocycles. The van der Waals surface area contributed by atoms with Crippen LogP contribution in [0.5, 0.6) is 0 Å². The molecule has 2 aliphatic heterocycles. The van der Waals surface area contributed by atoms with E-state index in [2.05, 4.69) is 32.7 Å². The Kier molecular flexibility index (Phi) is 5.45. The van der Waals surface area contributed by atoms with E-state index >= 15 is 0 Å². The normalized spacial score (nSPS) is 21.9. The first-order chi connectivity index (χ1) is 17.1. The van der Waals surface area contributed by atoms with E-state index in [1.807, 2.05) is 42.6 Å². The first-order valence-electron chi connectivity index (χ1n) is 12.3. The molecule has 5 heterocycles. The van der Waals surface area contributed by atoms with Crippen molar-refractivity contribution in [3.8, 4) is 22.4 Å². The zero-order valence-corrected chi connectivity index (χ0v) is 19.8. The Morgan fingerprint density at radius 1 is 1.00 bits per heavy atom. The van der Waals surface area contributed by atoms with Gasteiger partial charge in [0.05, 0.1) is 5.56 Å². The fourth-order valence-corrected chi connectivity index (χ4v) is 6.14. The Morgan fingerprint density at radius 2 is 1.71 bits per heavy atom. The molecule has 2 aliphatic rings. The molecule has 2 fully saturated rings. The number of nitrogens with two attached hydrogens (primary N) is 1. The highest BCUT2D eigenvalue weighted by atomic mass is 16.2. The molecule has 0 saturated carbocycles. The number of carbonyl (C=O) groups is 1. The standard InChI is InChI=1S/C27H29N7O/c1-2-33-21-7-8-22(33)16-19(15-21)23-11-14-30-26-24(17-3-5-20(6-4-17)31-27(28)35)25(32-34(23)26)18-9-12-29-13-10-18/h3-6,9-14,19,21-22H,2,7-8,15-16H2,1H3,(H3,28,31,35). The van der Waals surface area contributed by atoms with Gasteiger partial charge in [-0.05, 0) is 68.1 Å². The minimum atomic E-state index is -0.583. The number of hydrogen-bond acceptors (Lipinski definition) is 5.